The Balaban J connectivity index is 0.00000208. The van der Waals surface area contributed by atoms with Crippen LogP contribution in [0.2, 0.25) is 0 Å². The normalized spacial score (nSPS) is 17.2. The summed E-state index contributed by atoms with van der Waals surface area (Å²) >= 11 is 1.21. The monoisotopic (exact) mass is 368 g/mol. The van der Waals surface area contributed by atoms with Gasteiger partial charge in [0.1, 0.15) is 5.82 Å². The van der Waals surface area contributed by atoms with Gasteiger partial charge in [-0.3, -0.25) is 9.59 Å². The van der Waals surface area contributed by atoms with Crippen molar-refractivity contribution >= 4 is 35.4 Å². The van der Waals surface area contributed by atoms with Gasteiger partial charge in [0.2, 0.25) is 0 Å². The molecule has 2 heterocycles. The Labute approximate surface area is 150 Å². The van der Waals surface area contributed by atoms with E-state index in [-0.39, 0.29) is 36.0 Å². The van der Waals surface area contributed by atoms with E-state index in [9.17, 15) is 14.0 Å². The predicted molar refractivity (Wildman–Crippen MR) is 94.6 cm³/mol. The van der Waals surface area contributed by atoms with E-state index in [0.717, 1.165) is 5.56 Å². The standard InChI is InChI=1S/C17H17FN2O2S.ClH/c1-11(21)15-5-6-16(23-15)17(22)20-8-7-19-10-14(20)12-3-2-4-13(18)9-12;/h2-6,9,14,19H,7-8,10H2,1H3;1H. The summed E-state index contributed by atoms with van der Waals surface area (Å²) in [5, 5.41) is 3.25. The van der Waals surface area contributed by atoms with Gasteiger partial charge in [-0.1, -0.05) is 12.1 Å². The van der Waals surface area contributed by atoms with Crippen LogP contribution in [0.15, 0.2) is 36.4 Å². The van der Waals surface area contributed by atoms with E-state index in [4.69, 9.17) is 0 Å². The van der Waals surface area contributed by atoms with Gasteiger partial charge in [-0.2, -0.15) is 0 Å². The molecule has 1 atom stereocenters. The van der Waals surface area contributed by atoms with E-state index in [2.05, 4.69) is 5.32 Å². The lowest BCUT2D eigenvalue weighted by molar-refractivity contribution is 0.0639. The number of nitrogens with zero attached hydrogens (tertiary/aromatic N) is 1. The van der Waals surface area contributed by atoms with Gasteiger partial charge in [0.15, 0.2) is 5.78 Å². The lowest BCUT2D eigenvalue weighted by Gasteiger charge is -2.36. The van der Waals surface area contributed by atoms with Crippen LogP contribution >= 0.6 is 23.7 Å². The summed E-state index contributed by atoms with van der Waals surface area (Å²) in [6, 6.07) is 9.50. The molecule has 3 rings (SSSR count). The van der Waals surface area contributed by atoms with Crippen molar-refractivity contribution in [2.75, 3.05) is 19.6 Å². The van der Waals surface area contributed by atoms with Crippen LogP contribution in [-0.4, -0.2) is 36.2 Å². The summed E-state index contributed by atoms with van der Waals surface area (Å²) < 4.78 is 13.5. The molecule has 1 amide bonds. The molecule has 1 aliphatic heterocycles. The summed E-state index contributed by atoms with van der Waals surface area (Å²) in [6.07, 6.45) is 0. The molecule has 7 heteroatoms. The maximum Gasteiger partial charge on any atom is 0.264 e. The Morgan fingerprint density at radius 3 is 2.67 bits per heavy atom. The van der Waals surface area contributed by atoms with Gasteiger partial charge >= 0.3 is 0 Å². The zero-order chi connectivity index (χ0) is 16.4. The number of nitrogens with one attached hydrogen (secondary N) is 1. The topological polar surface area (TPSA) is 49.4 Å². The molecule has 0 spiro atoms. The first-order chi connectivity index (χ1) is 11.1. The number of rotatable bonds is 3. The van der Waals surface area contributed by atoms with Crippen LogP contribution in [0.25, 0.3) is 0 Å². The number of ketones is 1. The number of halogens is 2. The lowest BCUT2D eigenvalue weighted by Crippen LogP contribution is -2.48. The molecule has 0 aliphatic carbocycles. The predicted octanol–water partition coefficient (Wildman–Crippen LogP) is 3.30. The minimum absolute atomic E-state index is 0. The van der Waals surface area contributed by atoms with Crippen molar-refractivity contribution in [2.45, 2.75) is 13.0 Å². The molecular weight excluding hydrogens is 351 g/mol. The zero-order valence-electron chi connectivity index (χ0n) is 13.1. The first kappa shape index (κ1) is 18.6. The Morgan fingerprint density at radius 2 is 2.00 bits per heavy atom. The molecule has 0 radical (unpaired) electrons. The molecule has 1 aromatic carbocycles. The fraction of sp³-hybridized carbons (Fsp3) is 0.294. The van der Waals surface area contributed by atoms with Crippen LogP contribution < -0.4 is 5.32 Å². The largest absolute Gasteiger partial charge is 0.328 e. The van der Waals surface area contributed by atoms with Gasteiger partial charge in [-0.25, -0.2) is 4.39 Å². The van der Waals surface area contributed by atoms with Gasteiger partial charge < -0.3 is 10.2 Å². The van der Waals surface area contributed by atoms with Gasteiger partial charge in [0.05, 0.1) is 15.8 Å². The number of Topliss-reactive ketones (excluding diaryl/α,β-unsaturated/α-hetero) is 1. The second kappa shape index (κ2) is 7.88. The summed E-state index contributed by atoms with van der Waals surface area (Å²) in [7, 11) is 0. The van der Waals surface area contributed by atoms with Gasteiger partial charge in [-0.05, 0) is 36.8 Å². The number of hydrogen-bond acceptors (Lipinski definition) is 4. The molecule has 2 aromatic rings. The average molecular weight is 369 g/mol. The SMILES string of the molecule is CC(=O)c1ccc(C(=O)N2CCNCC2c2cccc(F)c2)s1.Cl. The smallest absolute Gasteiger partial charge is 0.264 e. The summed E-state index contributed by atoms with van der Waals surface area (Å²) in [4.78, 5) is 27.1. The Hall–Kier alpha value is -1.76. The van der Waals surface area contributed by atoms with Crippen molar-refractivity contribution in [3.05, 3.63) is 57.5 Å². The first-order valence-electron chi connectivity index (χ1n) is 7.44. The fourth-order valence-electron chi connectivity index (χ4n) is 2.74. The highest BCUT2D eigenvalue weighted by Gasteiger charge is 2.29. The Morgan fingerprint density at radius 1 is 1.25 bits per heavy atom. The average Bonchev–Trinajstić information content (AvgIpc) is 3.04. The maximum absolute atomic E-state index is 13.5. The summed E-state index contributed by atoms with van der Waals surface area (Å²) in [5.41, 5.74) is 0.772. The molecule has 4 nitrogen and oxygen atoms in total. The number of carbonyl (C=O) groups excluding carboxylic acids is 2. The van der Waals surface area contributed by atoms with Crippen molar-refractivity contribution < 1.29 is 14.0 Å². The van der Waals surface area contributed by atoms with E-state index in [1.54, 1.807) is 23.1 Å². The molecule has 0 saturated carbocycles. The number of thiophene rings is 1. The van der Waals surface area contributed by atoms with Crippen LogP contribution in [-0.2, 0) is 0 Å². The van der Waals surface area contributed by atoms with E-state index in [0.29, 0.717) is 29.4 Å². The van der Waals surface area contributed by atoms with Gasteiger partial charge in [0.25, 0.3) is 5.91 Å². The third kappa shape index (κ3) is 3.83. The second-order valence-electron chi connectivity index (χ2n) is 5.49. The highest BCUT2D eigenvalue weighted by molar-refractivity contribution is 7.15. The molecule has 24 heavy (non-hydrogen) atoms. The Bertz CT molecular complexity index is 750. The first-order valence-corrected chi connectivity index (χ1v) is 8.26. The molecular formula is C17H18ClFN2O2S. The van der Waals surface area contributed by atoms with Crippen LogP contribution in [0.3, 0.4) is 0 Å². The molecule has 1 fully saturated rings. The maximum atomic E-state index is 13.5. The van der Waals surface area contributed by atoms with Crippen LogP contribution in [0.1, 0.15) is 37.9 Å². The second-order valence-corrected chi connectivity index (χ2v) is 6.58. The molecule has 1 aliphatic rings. The molecule has 1 N–H and O–H groups in total. The number of hydrogen-bond donors (Lipinski definition) is 1. The summed E-state index contributed by atoms with van der Waals surface area (Å²) in [6.45, 7) is 3.32. The van der Waals surface area contributed by atoms with E-state index >= 15 is 0 Å². The minimum Gasteiger partial charge on any atom is -0.328 e. The Kier molecular flexibility index (Phi) is 6.10. The number of piperazine rings is 1. The molecule has 1 aromatic heterocycles. The minimum atomic E-state index is -0.310. The summed E-state index contributed by atoms with van der Waals surface area (Å²) in [5.74, 6) is -0.468. The van der Waals surface area contributed by atoms with E-state index in [1.165, 1.54) is 30.4 Å². The van der Waals surface area contributed by atoms with Crippen LogP contribution in [0, 0.1) is 5.82 Å². The van der Waals surface area contributed by atoms with Crippen molar-refractivity contribution in [3.8, 4) is 0 Å². The number of benzene rings is 1. The highest BCUT2D eigenvalue weighted by atomic mass is 35.5. The van der Waals surface area contributed by atoms with Gasteiger partial charge in [0, 0.05) is 19.6 Å². The van der Waals surface area contributed by atoms with Crippen LogP contribution in [0.5, 0.6) is 0 Å². The van der Waals surface area contributed by atoms with Crippen LogP contribution in [0.4, 0.5) is 4.39 Å². The van der Waals surface area contributed by atoms with Crippen molar-refractivity contribution in [1.29, 1.82) is 0 Å². The lowest BCUT2D eigenvalue weighted by atomic mass is 10.0. The quantitative estimate of drug-likeness (QED) is 0.846. The fourth-order valence-corrected chi connectivity index (χ4v) is 3.60. The molecule has 1 unspecified atom stereocenters. The van der Waals surface area contributed by atoms with Crippen molar-refractivity contribution in [1.82, 2.24) is 10.2 Å². The van der Waals surface area contributed by atoms with Gasteiger partial charge in [-0.15, -0.1) is 23.7 Å². The third-order valence-corrected chi connectivity index (χ3v) is 5.08. The molecule has 128 valence electrons. The van der Waals surface area contributed by atoms with E-state index < -0.39 is 0 Å². The zero-order valence-corrected chi connectivity index (χ0v) is 14.8. The third-order valence-electron chi connectivity index (χ3n) is 3.90. The van der Waals surface area contributed by atoms with Crippen molar-refractivity contribution in [3.63, 3.8) is 0 Å². The molecule has 1 saturated heterocycles. The molecule has 0 bridgehead atoms. The highest BCUT2D eigenvalue weighted by Crippen LogP contribution is 2.27. The van der Waals surface area contributed by atoms with E-state index in [1.807, 2.05) is 6.07 Å². The number of carbonyl (C=O) groups is 2. The number of amides is 1. The van der Waals surface area contributed by atoms with Crippen molar-refractivity contribution in [2.24, 2.45) is 0 Å².